The van der Waals surface area contributed by atoms with Crippen LogP contribution in [0.25, 0.3) is 66.8 Å². The van der Waals surface area contributed by atoms with Gasteiger partial charge in [-0.25, -0.2) is 0 Å². The van der Waals surface area contributed by atoms with E-state index >= 15 is 0 Å². The lowest BCUT2D eigenvalue weighted by Gasteiger charge is -2.34. The van der Waals surface area contributed by atoms with Gasteiger partial charge in [-0.3, -0.25) is 0 Å². The monoisotopic (exact) mass is 620 g/mol. The molecule has 0 heterocycles. The number of benzene rings is 8. The lowest BCUT2D eigenvalue weighted by atomic mass is 9.66. The van der Waals surface area contributed by atoms with Gasteiger partial charge in [0.25, 0.3) is 0 Å². The fourth-order valence-electron chi connectivity index (χ4n) is 8.93. The summed E-state index contributed by atoms with van der Waals surface area (Å²) in [5.74, 6) is 0. The molecule has 0 amide bonds. The van der Waals surface area contributed by atoms with Crippen LogP contribution in [-0.2, 0) is 5.41 Å². The third-order valence-electron chi connectivity index (χ3n) is 10.7. The first-order chi connectivity index (χ1) is 24.4. The quantitative estimate of drug-likeness (QED) is 0.184. The lowest BCUT2D eigenvalue weighted by Crippen LogP contribution is -2.27. The van der Waals surface area contributed by atoms with Crippen LogP contribution in [0.2, 0.25) is 0 Å². The van der Waals surface area contributed by atoms with Crippen LogP contribution in [0, 0.1) is 0 Å². The van der Waals surface area contributed by atoms with Crippen LogP contribution in [0.15, 0.2) is 194 Å². The maximum atomic E-state index is 2.39. The number of hydrogen-bond donors (Lipinski definition) is 0. The first kappa shape index (κ1) is 27.8. The minimum Gasteiger partial charge on any atom is -0.0622 e. The van der Waals surface area contributed by atoms with E-state index in [9.17, 15) is 0 Å². The molecule has 228 valence electrons. The zero-order valence-corrected chi connectivity index (χ0v) is 27.0. The Morgan fingerprint density at radius 1 is 0.224 bits per heavy atom. The van der Waals surface area contributed by atoms with Crippen molar-refractivity contribution in [3.63, 3.8) is 0 Å². The molecule has 2 aliphatic carbocycles. The molecule has 0 radical (unpaired) electrons. The van der Waals surface area contributed by atoms with E-state index in [0.717, 1.165) is 0 Å². The zero-order valence-electron chi connectivity index (χ0n) is 27.0. The maximum Gasteiger partial charge on any atom is 0.0732 e. The molecular weight excluding hydrogens is 589 g/mol. The molecule has 8 aromatic rings. The molecule has 10 rings (SSSR count). The summed E-state index contributed by atoms with van der Waals surface area (Å²) < 4.78 is 0. The molecule has 0 fully saturated rings. The summed E-state index contributed by atoms with van der Waals surface area (Å²) in [5, 5.41) is 0. The van der Waals surface area contributed by atoms with Crippen molar-refractivity contribution >= 4 is 0 Å². The molecule has 0 unspecified atom stereocenters. The van der Waals surface area contributed by atoms with Crippen molar-refractivity contribution in [2.45, 2.75) is 5.41 Å². The van der Waals surface area contributed by atoms with E-state index < -0.39 is 5.41 Å². The molecule has 0 bridgehead atoms. The second-order valence-electron chi connectivity index (χ2n) is 13.1. The van der Waals surface area contributed by atoms with Gasteiger partial charge in [-0.2, -0.15) is 0 Å². The predicted molar refractivity (Wildman–Crippen MR) is 204 cm³/mol. The average molecular weight is 621 g/mol. The van der Waals surface area contributed by atoms with Gasteiger partial charge >= 0.3 is 0 Å². The smallest absolute Gasteiger partial charge is 0.0622 e. The van der Waals surface area contributed by atoms with Gasteiger partial charge in [0.1, 0.15) is 0 Å². The molecule has 0 saturated carbocycles. The number of hydrogen-bond acceptors (Lipinski definition) is 0. The van der Waals surface area contributed by atoms with Crippen LogP contribution >= 0.6 is 0 Å². The van der Waals surface area contributed by atoms with Gasteiger partial charge in [-0.05, 0) is 89.0 Å². The summed E-state index contributed by atoms with van der Waals surface area (Å²) in [6.07, 6.45) is 0. The molecule has 49 heavy (non-hydrogen) atoms. The first-order valence-corrected chi connectivity index (χ1v) is 17.1. The Hall–Kier alpha value is -6.24. The van der Waals surface area contributed by atoms with Crippen LogP contribution in [0.4, 0.5) is 0 Å². The van der Waals surface area contributed by atoms with Gasteiger partial charge < -0.3 is 0 Å². The highest BCUT2D eigenvalue weighted by atomic mass is 14.5. The Morgan fingerprint density at radius 3 is 0.939 bits per heavy atom. The van der Waals surface area contributed by atoms with Crippen molar-refractivity contribution in [2.75, 3.05) is 0 Å². The van der Waals surface area contributed by atoms with Crippen LogP contribution in [0.1, 0.15) is 22.3 Å². The topological polar surface area (TPSA) is 0 Å². The first-order valence-electron chi connectivity index (χ1n) is 17.1. The van der Waals surface area contributed by atoms with E-state index in [1.165, 1.54) is 89.0 Å². The Bertz CT molecular complexity index is 2460. The lowest BCUT2D eigenvalue weighted by molar-refractivity contribution is 0.796. The molecule has 0 heteroatoms. The van der Waals surface area contributed by atoms with Gasteiger partial charge in [-0.1, -0.05) is 194 Å². The van der Waals surface area contributed by atoms with E-state index in [1.807, 2.05) is 0 Å². The Balaban J connectivity index is 1.54. The van der Waals surface area contributed by atoms with E-state index in [1.54, 1.807) is 0 Å². The maximum absolute atomic E-state index is 2.39. The SMILES string of the molecule is c1ccc(-c2c(-c3ccccc3)c(-c3ccccc3)c3c(c2-c2ccccc2)-c2ccccc2C32c3ccccc3-c3ccccc32)cc1. The van der Waals surface area contributed by atoms with Gasteiger partial charge in [0, 0.05) is 0 Å². The Morgan fingerprint density at radius 2 is 0.510 bits per heavy atom. The third-order valence-corrected chi connectivity index (χ3v) is 10.7. The molecule has 2 aliphatic rings. The predicted octanol–water partition coefficient (Wildman–Crippen LogP) is 12.7. The summed E-state index contributed by atoms with van der Waals surface area (Å²) in [6, 6.07) is 71.8. The molecule has 0 atom stereocenters. The minimum absolute atomic E-state index is 0.507. The van der Waals surface area contributed by atoms with Crippen molar-refractivity contribution in [1.82, 2.24) is 0 Å². The molecule has 0 aromatic heterocycles. The number of fused-ring (bicyclic) bond motifs is 10. The average Bonchev–Trinajstić information content (AvgIpc) is 3.66. The van der Waals surface area contributed by atoms with Gasteiger partial charge in [0.2, 0.25) is 0 Å². The highest BCUT2D eigenvalue weighted by Gasteiger charge is 2.54. The molecular formula is C49H32. The van der Waals surface area contributed by atoms with E-state index in [0.29, 0.717) is 0 Å². The van der Waals surface area contributed by atoms with Crippen LogP contribution in [-0.4, -0.2) is 0 Å². The van der Waals surface area contributed by atoms with E-state index in [4.69, 9.17) is 0 Å². The molecule has 0 saturated heterocycles. The summed E-state index contributed by atoms with van der Waals surface area (Å²) >= 11 is 0. The number of rotatable bonds is 4. The molecule has 0 N–H and O–H groups in total. The largest absolute Gasteiger partial charge is 0.0732 e. The van der Waals surface area contributed by atoms with Gasteiger partial charge in [0.05, 0.1) is 5.41 Å². The van der Waals surface area contributed by atoms with Gasteiger partial charge in [-0.15, -0.1) is 0 Å². The molecule has 0 aliphatic heterocycles. The highest BCUT2D eigenvalue weighted by Crippen LogP contribution is 2.68. The minimum atomic E-state index is -0.507. The van der Waals surface area contributed by atoms with E-state index in [2.05, 4.69) is 194 Å². The zero-order chi connectivity index (χ0) is 32.4. The van der Waals surface area contributed by atoms with Crippen LogP contribution < -0.4 is 0 Å². The summed E-state index contributed by atoms with van der Waals surface area (Å²) in [4.78, 5) is 0. The molecule has 0 nitrogen and oxygen atoms in total. The summed E-state index contributed by atoms with van der Waals surface area (Å²) in [5.41, 5.74) is 20.2. The van der Waals surface area contributed by atoms with Crippen molar-refractivity contribution in [1.29, 1.82) is 0 Å². The fourth-order valence-corrected chi connectivity index (χ4v) is 8.93. The van der Waals surface area contributed by atoms with Crippen molar-refractivity contribution in [3.05, 3.63) is 216 Å². The van der Waals surface area contributed by atoms with E-state index in [-0.39, 0.29) is 0 Å². The van der Waals surface area contributed by atoms with Crippen LogP contribution in [0.5, 0.6) is 0 Å². The molecule has 1 spiro atoms. The molecule has 8 aromatic carbocycles. The van der Waals surface area contributed by atoms with Crippen molar-refractivity contribution in [2.24, 2.45) is 0 Å². The standard InChI is InChI=1S/C49H32/c1-5-19-33(20-6-1)43-44(34-21-7-2-8-22-34)46(36-25-11-4-12-26-36)48-47(45(43)35-23-9-3-10-24-35)39-29-15-18-32-42(39)49(48)40-30-16-13-27-37(40)38-28-14-17-31-41(38)49/h1-32H. The Labute approximate surface area is 287 Å². The summed E-state index contributed by atoms with van der Waals surface area (Å²) in [6.45, 7) is 0. The van der Waals surface area contributed by atoms with Crippen LogP contribution in [0.3, 0.4) is 0 Å². The summed E-state index contributed by atoms with van der Waals surface area (Å²) in [7, 11) is 0. The third kappa shape index (κ3) is 3.86. The van der Waals surface area contributed by atoms with Gasteiger partial charge in [0.15, 0.2) is 0 Å². The van der Waals surface area contributed by atoms with Crippen molar-refractivity contribution in [3.8, 4) is 66.8 Å². The fraction of sp³-hybridized carbons (Fsp3) is 0.0204. The normalized spacial score (nSPS) is 13.1. The second kappa shape index (κ2) is 10.9. The van der Waals surface area contributed by atoms with Crippen molar-refractivity contribution < 1.29 is 0 Å². The highest BCUT2D eigenvalue weighted by molar-refractivity contribution is 6.14. The second-order valence-corrected chi connectivity index (χ2v) is 13.1. The Kier molecular flexibility index (Phi) is 6.19.